The van der Waals surface area contributed by atoms with Gasteiger partial charge in [-0.2, -0.15) is 0 Å². The molecule has 1 amide bonds. The summed E-state index contributed by atoms with van der Waals surface area (Å²) < 4.78 is 10.1. The van der Waals surface area contributed by atoms with Crippen LogP contribution in [0.25, 0.3) is 6.08 Å². The SMILES string of the molecule is COCCNC(=O)COc1cccc(C=CC(=O)O)c1. The highest BCUT2D eigenvalue weighted by molar-refractivity contribution is 5.85. The van der Waals surface area contributed by atoms with Crippen molar-refractivity contribution in [1.29, 1.82) is 0 Å². The summed E-state index contributed by atoms with van der Waals surface area (Å²) in [4.78, 5) is 21.8. The van der Waals surface area contributed by atoms with E-state index in [1.807, 2.05) is 0 Å². The number of carbonyl (C=O) groups excluding carboxylic acids is 1. The quantitative estimate of drug-likeness (QED) is 0.546. The third kappa shape index (κ3) is 6.55. The molecule has 0 aliphatic carbocycles. The van der Waals surface area contributed by atoms with Crippen LogP contribution in [0.5, 0.6) is 5.75 Å². The number of methoxy groups -OCH3 is 1. The van der Waals surface area contributed by atoms with Crippen LogP contribution in [0, 0.1) is 0 Å². The molecule has 20 heavy (non-hydrogen) atoms. The van der Waals surface area contributed by atoms with E-state index >= 15 is 0 Å². The van der Waals surface area contributed by atoms with E-state index in [0.717, 1.165) is 6.08 Å². The fraction of sp³-hybridized carbons (Fsp3) is 0.286. The van der Waals surface area contributed by atoms with Gasteiger partial charge in [-0.3, -0.25) is 4.79 Å². The number of aliphatic carboxylic acids is 1. The zero-order valence-corrected chi connectivity index (χ0v) is 11.2. The molecule has 1 rings (SSSR count). The third-order valence-electron chi connectivity index (χ3n) is 2.27. The molecule has 1 aromatic carbocycles. The first-order valence-electron chi connectivity index (χ1n) is 6.01. The van der Waals surface area contributed by atoms with Crippen LogP contribution in [0.2, 0.25) is 0 Å². The summed E-state index contributed by atoms with van der Waals surface area (Å²) in [7, 11) is 1.55. The summed E-state index contributed by atoms with van der Waals surface area (Å²) in [6.07, 6.45) is 2.49. The minimum absolute atomic E-state index is 0.101. The molecule has 6 heteroatoms. The van der Waals surface area contributed by atoms with Gasteiger partial charge >= 0.3 is 5.97 Å². The van der Waals surface area contributed by atoms with Crippen LogP contribution in [0.1, 0.15) is 5.56 Å². The summed E-state index contributed by atoms with van der Waals surface area (Å²) in [5.74, 6) is -0.762. The van der Waals surface area contributed by atoms with Crippen molar-refractivity contribution in [3.8, 4) is 5.75 Å². The van der Waals surface area contributed by atoms with Gasteiger partial charge in [0.05, 0.1) is 6.61 Å². The Hall–Kier alpha value is -2.34. The molecule has 0 atom stereocenters. The maximum absolute atomic E-state index is 11.4. The molecule has 6 nitrogen and oxygen atoms in total. The highest BCUT2D eigenvalue weighted by Gasteiger charge is 2.02. The lowest BCUT2D eigenvalue weighted by Gasteiger charge is -2.07. The van der Waals surface area contributed by atoms with Gasteiger partial charge in [0.25, 0.3) is 5.91 Å². The lowest BCUT2D eigenvalue weighted by Crippen LogP contribution is -2.31. The molecule has 2 N–H and O–H groups in total. The van der Waals surface area contributed by atoms with Gasteiger partial charge in [0.15, 0.2) is 6.61 Å². The first-order valence-corrected chi connectivity index (χ1v) is 6.01. The Kier molecular flexibility index (Phi) is 6.84. The predicted molar refractivity (Wildman–Crippen MR) is 73.5 cm³/mol. The predicted octanol–water partition coefficient (Wildman–Crippen LogP) is 0.926. The normalized spacial score (nSPS) is 10.4. The number of rotatable bonds is 8. The Morgan fingerprint density at radius 1 is 1.40 bits per heavy atom. The number of amides is 1. The first-order chi connectivity index (χ1) is 9.61. The molecule has 0 spiro atoms. The maximum atomic E-state index is 11.4. The second-order valence-corrected chi connectivity index (χ2v) is 3.88. The number of hydrogen-bond acceptors (Lipinski definition) is 4. The van der Waals surface area contributed by atoms with Gasteiger partial charge in [0, 0.05) is 19.7 Å². The average molecular weight is 279 g/mol. The number of carboxylic acid groups (broad SMARTS) is 1. The standard InChI is InChI=1S/C14H17NO5/c1-19-8-7-15-13(16)10-20-12-4-2-3-11(9-12)5-6-14(17)18/h2-6,9H,7-8,10H2,1H3,(H,15,16)(H,17,18). The van der Waals surface area contributed by atoms with Crippen molar-refractivity contribution in [2.45, 2.75) is 0 Å². The van der Waals surface area contributed by atoms with Crippen LogP contribution < -0.4 is 10.1 Å². The topological polar surface area (TPSA) is 84.9 Å². The molecule has 0 unspecified atom stereocenters. The molecule has 0 aliphatic rings. The summed E-state index contributed by atoms with van der Waals surface area (Å²) in [6, 6.07) is 6.81. The zero-order valence-electron chi connectivity index (χ0n) is 11.2. The molecule has 0 aliphatic heterocycles. The molecule has 0 fully saturated rings. The molecule has 0 bridgehead atoms. The van der Waals surface area contributed by atoms with Gasteiger partial charge in [-0.15, -0.1) is 0 Å². The number of nitrogens with one attached hydrogen (secondary N) is 1. The van der Waals surface area contributed by atoms with E-state index in [2.05, 4.69) is 5.32 Å². The largest absolute Gasteiger partial charge is 0.484 e. The van der Waals surface area contributed by atoms with E-state index in [0.29, 0.717) is 24.5 Å². The van der Waals surface area contributed by atoms with Crippen LogP contribution in [0.4, 0.5) is 0 Å². The van der Waals surface area contributed by atoms with Crippen molar-refractivity contribution in [2.75, 3.05) is 26.9 Å². The number of carboxylic acids is 1. The van der Waals surface area contributed by atoms with Crippen LogP contribution in [-0.2, 0) is 14.3 Å². The van der Waals surface area contributed by atoms with Crippen molar-refractivity contribution in [3.63, 3.8) is 0 Å². The van der Waals surface area contributed by atoms with E-state index in [4.69, 9.17) is 14.6 Å². The van der Waals surface area contributed by atoms with Crippen molar-refractivity contribution in [2.24, 2.45) is 0 Å². The molecule has 0 heterocycles. The van der Waals surface area contributed by atoms with E-state index in [-0.39, 0.29) is 12.5 Å². The lowest BCUT2D eigenvalue weighted by atomic mass is 10.2. The Labute approximate surface area is 117 Å². The number of carbonyl (C=O) groups is 2. The fourth-order valence-electron chi connectivity index (χ4n) is 1.37. The van der Waals surface area contributed by atoms with Crippen LogP contribution in [0.3, 0.4) is 0 Å². The van der Waals surface area contributed by atoms with E-state index in [1.54, 1.807) is 31.4 Å². The molecule has 108 valence electrons. The second kappa shape index (κ2) is 8.71. The number of hydrogen-bond donors (Lipinski definition) is 2. The van der Waals surface area contributed by atoms with Gasteiger partial charge in [-0.1, -0.05) is 12.1 Å². The Morgan fingerprint density at radius 2 is 2.20 bits per heavy atom. The van der Waals surface area contributed by atoms with E-state index in [1.165, 1.54) is 6.08 Å². The zero-order chi connectivity index (χ0) is 14.8. The molecule has 0 aromatic heterocycles. The van der Waals surface area contributed by atoms with Crippen molar-refractivity contribution >= 4 is 18.0 Å². The van der Waals surface area contributed by atoms with Crippen molar-refractivity contribution in [1.82, 2.24) is 5.32 Å². The maximum Gasteiger partial charge on any atom is 0.328 e. The van der Waals surface area contributed by atoms with Crippen molar-refractivity contribution in [3.05, 3.63) is 35.9 Å². The van der Waals surface area contributed by atoms with E-state index < -0.39 is 5.97 Å². The number of benzene rings is 1. The summed E-state index contributed by atoms with van der Waals surface area (Å²) in [6.45, 7) is 0.775. The first kappa shape index (κ1) is 15.7. The van der Waals surface area contributed by atoms with Gasteiger partial charge in [-0.25, -0.2) is 4.79 Å². The highest BCUT2D eigenvalue weighted by Crippen LogP contribution is 2.14. The van der Waals surface area contributed by atoms with E-state index in [9.17, 15) is 9.59 Å². The summed E-state index contributed by atoms with van der Waals surface area (Å²) in [5.41, 5.74) is 0.685. The monoisotopic (exact) mass is 279 g/mol. The minimum atomic E-state index is -1.02. The molecule has 0 saturated carbocycles. The number of ether oxygens (including phenoxy) is 2. The lowest BCUT2D eigenvalue weighted by molar-refractivity contribution is -0.131. The Bertz CT molecular complexity index is 484. The fourth-order valence-corrected chi connectivity index (χ4v) is 1.37. The third-order valence-corrected chi connectivity index (χ3v) is 2.27. The molecule has 1 aromatic rings. The van der Waals surface area contributed by atoms with Crippen molar-refractivity contribution < 1.29 is 24.2 Å². The molecular weight excluding hydrogens is 262 g/mol. The smallest absolute Gasteiger partial charge is 0.328 e. The van der Waals surface area contributed by atoms with Crippen LogP contribution in [0.15, 0.2) is 30.3 Å². The molecular formula is C14H17NO5. The molecule has 0 radical (unpaired) electrons. The molecule has 0 saturated heterocycles. The van der Waals surface area contributed by atoms with Gasteiger partial charge in [0.2, 0.25) is 0 Å². The van der Waals surface area contributed by atoms with Gasteiger partial charge in [-0.05, 0) is 23.8 Å². The summed E-state index contributed by atoms with van der Waals surface area (Å²) in [5, 5.41) is 11.2. The van der Waals surface area contributed by atoms with Crippen LogP contribution >= 0.6 is 0 Å². The van der Waals surface area contributed by atoms with Crippen LogP contribution in [-0.4, -0.2) is 43.9 Å². The Balaban J connectivity index is 2.46. The van der Waals surface area contributed by atoms with Gasteiger partial charge in [0.1, 0.15) is 5.75 Å². The minimum Gasteiger partial charge on any atom is -0.484 e. The summed E-state index contributed by atoms with van der Waals surface area (Å²) >= 11 is 0. The second-order valence-electron chi connectivity index (χ2n) is 3.88. The average Bonchev–Trinajstić information content (AvgIpc) is 2.44. The highest BCUT2D eigenvalue weighted by atomic mass is 16.5. The Morgan fingerprint density at radius 3 is 2.90 bits per heavy atom. The van der Waals surface area contributed by atoms with Gasteiger partial charge < -0.3 is 19.9 Å².